The van der Waals surface area contributed by atoms with E-state index in [0.717, 1.165) is 29.5 Å². The minimum atomic E-state index is -1.32. The largest absolute Gasteiger partial charge is 1.00 e. The summed E-state index contributed by atoms with van der Waals surface area (Å²) >= 11 is 0. The SMILES string of the molecule is CC(C)c1c(CCC(O)CC(O)CC(=O)[O-])c(-c2ccc(F)cc2)cn1C1CCCCC1.[Na+]. The smallest absolute Gasteiger partial charge is 0.550 e. The molecular weight excluding hydrogens is 432 g/mol. The molecule has 3 rings (SSSR count). The second kappa shape index (κ2) is 13.1. The standard InChI is InChI=1S/C26H36FNO4.Na/c1-17(2)26-23(13-12-21(29)14-22(30)15-25(31)32)24(18-8-10-19(27)11-9-18)16-28(26)20-6-4-3-5-7-20;/h8-11,16-17,20-22,29-30H,3-7,12-15H2,1-2H3,(H,31,32);/q;+1/p-1. The molecule has 0 saturated heterocycles. The van der Waals surface area contributed by atoms with Gasteiger partial charge in [-0.2, -0.15) is 0 Å². The topological polar surface area (TPSA) is 85.5 Å². The van der Waals surface area contributed by atoms with E-state index in [-0.39, 0.29) is 47.7 Å². The van der Waals surface area contributed by atoms with Gasteiger partial charge >= 0.3 is 29.6 Å². The van der Waals surface area contributed by atoms with Crippen molar-refractivity contribution in [3.8, 4) is 11.1 Å². The number of aromatic nitrogens is 1. The Balaban J connectivity index is 0.00000385. The number of nitrogens with zero attached hydrogens (tertiary/aromatic N) is 1. The van der Waals surface area contributed by atoms with Gasteiger partial charge in [-0.15, -0.1) is 0 Å². The van der Waals surface area contributed by atoms with Crippen LogP contribution in [0.25, 0.3) is 11.1 Å². The molecule has 2 unspecified atom stereocenters. The van der Waals surface area contributed by atoms with E-state index < -0.39 is 24.6 Å². The predicted molar refractivity (Wildman–Crippen MR) is 121 cm³/mol. The molecule has 5 nitrogen and oxygen atoms in total. The number of carboxylic acid groups (broad SMARTS) is 1. The molecule has 1 aromatic carbocycles. The van der Waals surface area contributed by atoms with E-state index in [1.807, 2.05) is 0 Å². The number of aliphatic hydroxyl groups excluding tert-OH is 2. The van der Waals surface area contributed by atoms with Gasteiger partial charge in [0.1, 0.15) is 5.82 Å². The summed E-state index contributed by atoms with van der Waals surface area (Å²) in [6, 6.07) is 6.98. The molecule has 0 aliphatic heterocycles. The molecule has 1 heterocycles. The van der Waals surface area contributed by atoms with Crippen molar-refractivity contribution in [1.82, 2.24) is 4.57 Å². The molecule has 176 valence electrons. The molecule has 0 bridgehead atoms. The van der Waals surface area contributed by atoms with Gasteiger partial charge in [-0.1, -0.05) is 45.2 Å². The number of rotatable bonds is 10. The van der Waals surface area contributed by atoms with E-state index in [1.165, 1.54) is 37.1 Å². The van der Waals surface area contributed by atoms with Crippen LogP contribution in [0.1, 0.15) is 88.4 Å². The first-order chi connectivity index (χ1) is 15.3. The van der Waals surface area contributed by atoms with Gasteiger partial charge in [-0.3, -0.25) is 0 Å². The van der Waals surface area contributed by atoms with Crippen LogP contribution in [-0.2, 0) is 11.2 Å². The molecule has 0 spiro atoms. The minimum absolute atomic E-state index is 0. The predicted octanol–water partition coefficient (Wildman–Crippen LogP) is 1.11. The third kappa shape index (κ3) is 7.66. The third-order valence-corrected chi connectivity index (χ3v) is 6.52. The summed E-state index contributed by atoms with van der Waals surface area (Å²) in [4.78, 5) is 10.7. The van der Waals surface area contributed by atoms with Gasteiger partial charge in [0.15, 0.2) is 0 Å². The number of carbonyl (C=O) groups is 1. The average molecular weight is 468 g/mol. The van der Waals surface area contributed by atoms with Gasteiger partial charge in [0.2, 0.25) is 0 Å². The van der Waals surface area contributed by atoms with Crippen LogP contribution in [0.5, 0.6) is 0 Å². The Hall–Kier alpha value is -1.18. The van der Waals surface area contributed by atoms with Crippen LogP contribution in [0, 0.1) is 5.82 Å². The number of carbonyl (C=O) groups excluding carboxylic acids is 1. The van der Waals surface area contributed by atoms with Crippen molar-refractivity contribution in [3.63, 3.8) is 0 Å². The van der Waals surface area contributed by atoms with Crippen molar-refractivity contribution in [2.45, 2.75) is 95.8 Å². The van der Waals surface area contributed by atoms with E-state index >= 15 is 0 Å². The summed E-state index contributed by atoms with van der Waals surface area (Å²) in [6.45, 7) is 4.35. The number of hydrogen-bond donors (Lipinski definition) is 2. The molecule has 2 atom stereocenters. The first-order valence-corrected chi connectivity index (χ1v) is 11.8. The van der Waals surface area contributed by atoms with E-state index in [9.17, 15) is 24.5 Å². The van der Waals surface area contributed by atoms with Crippen LogP contribution >= 0.6 is 0 Å². The molecule has 7 heteroatoms. The molecule has 1 aliphatic rings. The maximum atomic E-state index is 13.6. The molecule has 0 radical (unpaired) electrons. The monoisotopic (exact) mass is 467 g/mol. The van der Waals surface area contributed by atoms with Crippen molar-refractivity contribution in [2.24, 2.45) is 0 Å². The number of hydrogen-bond acceptors (Lipinski definition) is 4. The summed E-state index contributed by atoms with van der Waals surface area (Å²) in [5, 5.41) is 31.0. The zero-order valence-electron chi connectivity index (χ0n) is 20.1. The quantitative estimate of drug-likeness (QED) is 0.513. The first kappa shape index (κ1) is 28.1. The molecule has 1 saturated carbocycles. The Bertz CT molecular complexity index is 890. The fraction of sp³-hybridized carbons (Fsp3) is 0.577. The number of aliphatic hydroxyl groups is 2. The molecule has 1 aliphatic carbocycles. The van der Waals surface area contributed by atoms with Crippen LogP contribution in [-0.4, -0.2) is 33.0 Å². The van der Waals surface area contributed by atoms with Crippen LogP contribution in [0.4, 0.5) is 4.39 Å². The maximum Gasteiger partial charge on any atom is 1.00 e. The van der Waals surface area contributed by atoms with Gasteiger partial charge in [0, 0.05) is 35.9 Å². The Morgan fingerprint density at radius 3 is 2.33 bits per heavy atom. The van der Waals surface area contributed by atoms with Gasteiger partial charge < -0.3 is 24.7 Å². The second-order valence-electron chi connectivity index (χ2n) is 9.43. The van der Waals surface area contributed by atoms with Crippen LogP contribution in [0.15, 0.2) is 30.5 Å². The number of aliphatic carboxylic acids is 1. The van der Waals surface area contributed by atoms with Crippen molar-refractivity contribution in [1.29, 1.82) is 0 Å². The van der Waals surface area contributed by atoms with E-state index in [0.29, 0.717) is 18.9 Å². The third-order valence-electron chi connectivity index (χ3n) is 6.52. The summed E-state index contributed by atoms with van der Waals surface area (Å²) in [6.07, 6.45) is 6.79. The summed E-state index contributed by atoms with van der Waals surface area (Å²) in [5.74, 6) is -1.32. The maximum absolute atomic E-state index is 13.6. The molecule has 1 aromatic heterocycles. The van der Waals surface area contributed by atoms with Crippen LogP contribution in [0.3, 0.4) is 0 Å². The Morgan fingerprint density at radius 1 is 1.12 bits per heavy atom. The molecule has 1 fully saturated rings. The van der Waals surface area contributed by atoms with Crippen molar-refractivity contribution < 1.29 is 54.1 Å². The van der Waals surface area contributed by atoms with E-state index in [1.54, 1.807) is 12.1 Å². The van der Waals surface area contributed by atoms with Gasteiger partial charge in [0.25, 0.3) is 0 Å². The van der Waals surface area contributed by atoms with Crippen molar-refractivity contribution in [2.75, 3.05) is 0 Å². The zero-order valence-corrected chi connectivity index (χ0v) is 22.1. The number of benzene rings is 1. The Morgan fingerprint density at radius 2 is 1.76 bits per heavy atom. The van der Waals surface area contributed by atoms with Gasteiger partial charge in [-0.05, 0) is 61.3 Å². The minimum Gasteiger partial charge on any atom is -0.550 e. The number of halogens is 1. The van der Waals surface area contributed by atoms with Crippen molar-refractivity contribution in [3.05, 3.63) is 47.5 Å². The fourth-order valence-electron chi connectivity index (χ4n) is 5.05. The molecule has 33 heavy (non-hydrogen) atoms. The van der Waals surface area contributed by atoms with Gasteiger partial charge in [0.05, 0.1) is 12.2 Å². The molecule has 2 N–H and O–H groups in total. The summed E-state index contributed by atoms with van der Waals surface area (Å²) in [7, 11) is 0. The van der Waals surface area contributed by atoms with Gasteiger partial charge in [-0.25, -0.2) is 4.39 Å². The Kier molecular flexibility index (Phi) is 11.1. The summed E-state index contributed by atoms with van der Waals surface area (Å²) < 4.78 is 16.0. The van der Waals surface area contributed by atoms with E-state index in [4.69, 9.17) is 0 Å². The molecule has 0 amide bonds. The first-order valence-electron chi connectivity index (χ1n) is 11.8. The number of carboxylic acids is 1. The Labute approximate surface area is 218 Å². The van der Waals surface area contributed by atoms with Crippen molar-refractivity contribution >= 4 is 5.97 Å². The molecular formula is C26H35FNNaO4. The van der Waals surface area contributed by atoms with Crippen LogP contribution < -0.4 is 34.7 Å². The average Bonchev–Trinajstić information content (AvgIpc) is 3.12. The normalized spacial score (nSPS) is 16.4. The molecule has 2 aromatic rings. The second-order valence-corrected chi connectivity index (χ2v) is 9.43. The fourth-order valence-corrected chi connectivity index (χ4v) is 5.05. The summed E-state index contributed by atoms with van der Waals surface area (Å²) in [5.41, 5.74) is 4.40. The van der Waals surface area contributed by atoms with E-state index in [2.05, 4.69) is 24.6 Å². The zero-order chi connectivity index (χ0) is 23.3. The van der Waals surface area contributed by atoms with Crippen LogP contribution in [0.2, 0.25) is 0 Å².